The SMILES string of the molecule is COC[C@@H](C)Oc1nc(C(=O)NC2CCC2)nc(N2CCC(c3[nH]nc4nccc(OC)c34)CC2)n1. The average Bonchev–Trinajstić information content (AvgIpc) is 3.30. The molecular formula is C24H32N8O4. The minimum absolute atomic E-state index is 0.0732. The fourth-order valence-electron chi connectivity index (χ4n) is 4.67. The second-order valence-electron chi connectivity index (χ2n) is 9.34. The molecule has 2 fully saturated rings. The van der Waals surface area contributed by atoms with Gasteiger partial charge in [0.1, 0.15) is 11.9 Å². The third-order valence-corrected chi connectivity index (χ3v) is 6.80. The van der Waals surface area contributed by atoms with Gasteiger partial charge in [0.15, 0.2) is 5.65 Å². The van der Waals surface area contributed by atoms with Gasteiger partial charge in [0.2, 0.25) is 11.8 Å². The quantitative estimate of drug-likeness (QED) is 0.453. The molecule has 0 unspecified atom stereocenters. The number of nitrogens with zero attached hydrogens (tertiary/aromatic N) is 6. The number of amides is 1. The van der Waals surface area contributed by atoms with Crippen molar-refractivity contribution in [3.63, 3.8) is 0 Å². The number of aromatic amines is 1. The first-order chi connectivity index (χ1) is 17.6. The van der Waals surface area contributed by atoms with Crippen LogP contribution in [0, 0.1) is 0 Å². The van der Waals surface area contributed by atoms with Crippen LogP contribution in [0.3, 0.4) is 0 Å². The van der Waals surface area contributed by atoms with Crippen molar-refractivity contribution in [3.05, 3.63) is 23.8 Å². The van der Waals surface area contributed by atoms with Gasteiger partial charge in [-0.2, -0.15) is 20.1 Å². The Bertz CT molecular complexity index is 1210. The van der Waals surface area contributed by atoms with Gasteiger partial charge >= 0.3 is 6.01 Å². The molecule has 1 aliphatic carbocycles. The molecule has 3 aromatic heterocycles. The summed E-state index contributed by atoms with van der Waals surface area (Å²) in [7, 11) is 3.26. The van der Waals surface area contributed by atoms with Gasteiger partial charge in [0.25, 0.3) is 5.91 Å². The molecule has 12 heteroatoms. The molecule has 12 nitrogen and oxygen atoms in total. The van der Waals surface area contributed by atoms with Crippen LogP contribution >= 0.6 is 0 Å². The number of H-pyrrole nitrogens is 1. The predicted octanol–water partition coefficient (Wildman–Crippen LogP) is 2.23. The minimum Gasteiger partial charge on any atom is -0.496 e. The van der Waals surface area contributed by atoms with E-state index in [1.807, 2.05) is 13.0 Å². The largest absolute Gasteiger partial charge is 0.496 e. The number of anilines is 1. The van der Waals surface area contributed by atoms with Gasteiger partial charge in [0, 0.05) is 38.4 Å². The number of carbonyl (C=O) groups is 1. The van der Waals surface area contributed by atoms with Crippen molar-refractivity contribution < 1.29 is 19.0 Å². The molecule has 192 valence electrons. The highest BCUT2D eigenvalue weighted by atomic mass is 16.5. The number of hydrogen-bond donors (Lipinski definition) is 2. The van der Waals surface area contributed by atoms with Crippen molar-refractivity contribution in [3.8, 4) is 11.8 Å². The Morgan fingerprint density at radius 2 is 2.00 bits per heavy atom. The first-order valence-corrected chi connectivity index (χ1v) is 12.4. The average molecular weight is 497 g/mol. The molecule has 1 saturated carbocycles. The van der Waals surface area contributed by atoms with Crippen LogP contribution in [0.5, 0.6) is 11.8 Å². The topological polar surface area (TPSA) is 140 Å². The molecule has 0 radical (unpaired) electrons. The molecular weight excluding hydrogens is 464 g/mol. The number of fused-ring (bicyclic) bond motifs is 1. The molecule has 0 spiro atoms. The van der Waals surface area contributed by atoms with Crippen LogP contribution in [0.2, 0.25) is 0 Å². The van der Waals surface area contributed by atoms with Gasteiger partial charge in [0.05, 0.1) is 24.8 Å². The van der Waals surface area contributed by atoms with E-state index in [0.29, 0.717) is 31.3 Å². The number of piperidine rings is 1. The number of ether oxygens (including phenoxy) is 3. The first kappa shape index (κ1) is 24.2. The molecule has 36 heavy (non-hydrogen) atoms. The molecule has 1 amide bonds. The third kappa shape index (κ3) is 5.03. The normalized spacial score (nSPS) is 17.6. The second-order valence-corrected chi connectivity index (χ2v) is 9.34. The van der Waals surface area contributed by atoms with E-state index < -0.39 is 0 Å². The van der Waals surface area contributed by atoms with E-state index in [4.69, 9.17) is 14.2 Å². The Morgan fingerprint density at radius 1 is 1.19 bits per heavy atom. The maximum atomic E-state index is 12.8. The van der Waals surface area contributed by atoms with Crippen LogP contribution in [0.1, 0.15) is 61.3 Å². The smallest absolute Gasteiger partial charge is 0.322 e. The maximum absolute atomic E-state index is 12.8. The maximum Gasteiger partial charge on any atom is 0.322 e. The zero-order chi connectivity index (χ0) is 25.1. The summed E-state index contributed by atoms with van der Waals surface area (Å²) in [5, 5.41) is 11.5. The van der Waals surface area contributed by atoms with Gasteiger partial charge < -0.3 is 24.4 Å². The lowest BCUT2D eigenvalue weighted by Gasteiger charge is -2.32. The van der Waals surface area contributed by atoms with Crippen molar-refractivity contribution in [2.75, 3.05) is 38.8 Å². The van der Waals surface area contributed by atoms with Crippen molar-refractivity contribution >= 4 is 22.9 Å². The van der Waals surface area contributed by atoms with Crippen LogP contribution in [0.15, 0.2) is 12.3 Å². The van der Waals surface area contributed by atoms with E-state index in [9.17, 15) is 4.79 Å². The van der Waals surface area contributed by atoms with E-state index in [-0.39, 0.29) is 35.8 Å². The molecule has 3 aromatic rings. The Balaban J connectivity index is 1.34. The Labute approximate surface area is 209 Å². The number of aromatic nitrogens is 6. The molecule has 0 aromatic carbocycles. The van der Waals surface area contributed by atoms with E-state index >= 15 is 0 Å². The lowest BCUT2D eigenvalue weighted by atomic mass is 9.92. The predicted molar refractivity (Wildman–Crippen MR) is 132 cm³/mol. The minimum atomic E-state index is -0.300. The highest BCUT2D eigenvalue weighted by molar-refractivity contribution is 5.91. The van der Waals surface area contributed by atoms with E-state index in [2.05, 4.69) is 40.3 Å². The molecule has 4 heterocycles. The van der Waals surface area contributed by atoms with Crippen molar-refractivity contribution in [2.45, 2.75) is 57.1 Å². The summed E-state index contributed by atoms with van der Waals surface area (Å²) in [5.41, 5.74) is 1.68. The number of pyridine rings is 1. The zero-order valence-electron chi connectivity index (χ0n) is 20.9. The van der Waals surface area contributed by atoms with E-state index in [1.165, 1.54) is 0 Å². The van der Waals surface area contributed by atoms with Crippen LogP contribution in [-0.2, 0) is 4.74 Å². The summed E-state index contributed by atoms with van der Waals surface area (Å²) in [6.45, 7) is 3.65. The van der Waals surface area contributed by atoms with Gasteiger partial charge in [-0.15, -0.1) is 0 Å². The molecule has 1 aliphatic heterocycles. The monoisotopic (exact) mass is 496 g/mol. The fraction of sp³-hybridized carbons (Fsp3) is 0.583. The molecule has 1 saturated heterocycles. The van der Waals surface area contributed by atoms with Gasteiger partial charge in [-0.05, 0) is 45.1 Å². The Morgan fingerprint density at radius 3 is 2.69 bits per heavy atom. The highest BCUT2D eigenvalue weighted by Gasteiger charge is 2.29. The number of carbonyl (C=O) groups excluding carboxylic acids is 1. The number of hydrogen-bond acceptors (Lipinski definition) is 10. The number of methoxy groups -OCH3 is 2. The summed E-state index contributed by atoms with van der Waals surface area (Å²) in [4.78, 5) is 32.6. The molecule has 1 atom stereocenters. The number of rotatable bonds is 9. The fourth-order valence-corrected chi connectivity index (χ4v) is 4.67. The van der Waals surface area contributed by atoms with Crippen LogP contribution in [-0.4, -0.2) is 82.1 Å². The molecule has 2 N–H and O–H groups in total. The Kier molecular flexibility index (Phi) is 7.12. The van der Waals surface area contributed by atoms with Crippen LogP contribution < -0.4 is 19.7 Å². The summed E-state index contributed by atoms with van der Waals surface area (Å²) in [5.74, 6) is 1.23. The third-order valence-electron chi connectivity index (χ3n) is 6.80. The van der Waals surface area contributed by atoms with Gasteiger partial charge in [-0.3, -0.25) is 9.89 Å². The van der Waals surface area contributed by atoms with Gasteiger partial charge in [-0.1, -0.05) is 0 Å². The summed E-state index contributed by atoms with van der Waals surface area (Å²) in [6.07, 6.45) is 6.21. The van der Waals surface area contributed by atoms with Crippen LogP contribution in [0.4, 0.5) is 5.95 Å². The number of nitrogens with one attached hydrogen (secondary N) is 2. The lowest BCUT2D eigenvalue weighted by Crippen LogP contribution is -2.41. The summed E-state index contributed by atoms with van der Waals surface area (Å²) in [6, 6.07) is 2.16. The summed E-state index contributed by atoms with van der Waals surface area (Å²) < 4.78 is 16.6. The van der Waals surface area contributed by atoms with Crippen molar-refractivity contribution in [1.82, 2.24) is 35.5 Å². The lowest BCUT2D eigenvalue weighted by molar-refractivity contribution is 0.0832. The van der Waals surface area contributed by atoms with Crippen molar-refractivity contribution in [2.24, 2.45) is 0 Å². The first-order valence-electron chi connectivity index (χ1n) is 12.4. The highest BCUT2D eigenvalue weighted by Crippen LogP contribution is 2.36. The molecule has 5 rings (SSSR count). The zero-order valence-corrected chi connectivity index (χ0v) is 20.9. The second kappa shape index (κ2) is 10.6. The Hall–Kier alpha value is -3.54. The van der Waals surface area contributed by atoms with Crippen molar-refractivity contribution in [1.29, 1.82) is 0 Å². The summed E-state index contributed by atoms with van der Waals surface area (Å²) >= 11 is 0. The van der Waals surface area contributed by atoms with Crippen LogP contribution in [0.25, 0.3) is 11.0 Å². The standard InChI is InChI=1S/C24H32N8O4/c1-14(13-34-2)36-24-28-21(22(33)26-16-5-4-6-16)27-23(29-24)32-11-8-15(9-12-32)19-18-17(35-3)7-10-25-20(18)31-30-19/h7,10,14-16H,4-6,8-9,11-13H2,1-3H3,(H,26,33)(H,25,30,31)/t14-/m1/s1. The van der Waals surface area contributed by atoms with E-state index in [0.717, 1.165) is 48.9 Å². The molecule has 0 bridgehead atoms. The van der Waals surface area contributed by atoms with E-state index in [1.54, 1.807) is 20.4 Å². The van der Waals surface area contributed by atoms with Gasteiger partial charge in [-0.25, -0.2) is 4.98 Å². The molecule has 2 aliphatic rings.